The van der Waals surface area contributed by atoms with Crippen LogP contribution in [-0.2, 0) is 4.79 Å². The fraction of sp³-hybridized carbons (Fsp3) is 0.688. The summed E-state index contributed by atoms with van der Waals surface area (Å²) in [7, 11) is 0. The predicted octanol–water partition coefficient (Wildman–Crippen LogP) is 3.46. The normalized spacial score (nSPS) is 31.6. The van der Waals surface area contributed by atoms with Crippen molar-refractivity contribution in [3.8, 4) is 0 Å². The van der Waals surface area contributed by atoms with Crippen molar-refractivity contribution in [1.82, 2.24) is 10.2 Å². The molecule has 3 rings (SSSR count). The topological polar surface area (TPSA) is 32.3 Å². The Morgan fingerprint density at radius 2 is 2.05 bits per heavy atom. The van der Waals surface area contributed by atoms with E-state index < -0.39 is 0 Å². The number of carbonyl (C=O) groups excluding carboxylic acids is 1. The van der Waals surface area contributed by atoms with E-state index >= 15 is 0 Å². The van der Waals surface area contributed by atoms with E-state index in [0.29, 0.717) is 18.5 Å². The zero-order chi connectivity index (χ0) is 14.1. The molecule has 1 aromatic heterocycles. The summed E-state index contributed by atoms with van der Waals surface area (Å²) in [5.74, 6) is 0.893. The van der Waals surface area contributed by atoms with Crippen LogP contribution in [0.25, 0.3) is 0 Å². The number of carbonyl (C=O) groups is 1. The summed E-state index contributed by atoms with van der Waals surface area (Å²) >= 11 is 1.80. The van der Waals surface area contributed by atoms with Crippen LogP contribution >= 0.6 is 11.3 Å². The van der Waals surface area contributed by atoms with Crippen molar-refractivity contribution in [3.63, 3.8) is 0 Å². The lowest BCUT2D eigenvalue weighted by Crippen LogP contribution is -2.42. The molecule has 3 atom stereocenters. The van der Waals surface area contributed by atoms with Crippen LogP contribution in [0.3, 0.4) is 0 Å². The lowest BCUT2D eigenvalue weighted by atomic mass is 9.95. The summed E-state index contributed by atoms with van der Waals surface area (Å²) in [6.07, 6.45) is 6.41. The fourth-order valence-electron chi connectivity index (χ4n) is 3.62. The van der Waals surface area contributed by atoms with Gasteiger partial charge in [-0.25, -0.2) is 0 Å². The van der Waals surface area contributed by atoms with E-state index in [0.717, 1.165) is 6.42 Å². The molecule has 1 aromatic rings. The minimum Gasteiger partial charge on any atom is -0.318 e. The molecule has 1 amide bonds. The zero-order valence-electron chi connectivity index (χ0n) is 12.4. The van der Waals surface area contributed by atoms with Crippen LogP contribution in [0.15, 0.2) is 12.1 Å². The van der Waals surface area contributed by atoms with Gasteiger partial charge in [0.05, 0.1) is 6.54 Å². The molecule has 1 aliphatic carbocycles. The molecule has 0 bridgehead atoms. The Labute approximate surface area is 125 Å². The Balaban J connectivity index is 1.85. The maximum Gasteiger partial charge on any atom is 0.238 e. The second-order valence-corrected chi connectivity index (χ2v) is 7.53. The van der Waals surface area contributed by atoms with E-state index in [9.17, 15) is 4.79 Å². The number of aryl methyl sites for hydroxylation is 1. The minimum absolute atomic E-state index is 0.103. The minimum atomic E-state index is 0.103. The summed E-state index contributed by atoms with van der Waals surface area (Å²) in [5.41, 5.74) is 0. The van der Waals surface area contributed by atoms with Crippen LogP contribution in [0, 0.1) is 12.8 Å². The third-order valence-electron chi connectivity index (χ3n) is 4.72. The number of rotatable bonds is 2. The first-order valence-corrected chi connectivity index (χ1v) is 8.59. The van der Waals surface area contributed by atoms with Crippen molar-refractivity contribution in [2.75, 3.05) is 6.54 Å². The van der Waals surface area contributed by atoms with E-state index in [1.165, 1.54) is 35.4 Å². The Morgan fingerprint density at radius 3 is 2.80 bits per heavy atom. The summed E-state index contributed by atoms with van der Waals surface area (Å²) in [4.78, 5) is 17.1. The van der Waals surface area contributed by atoms with Crippen molar-refractivity contribution in [2.24, 2.45) is 5.92 Å². The van der Waals surface area contributed by atoms with Gasteiger partial charge in [0.25, 0.3) is 0 Å². The SMILES string of the molecule is Cc1ccc(C2NCC(=O)N2C2CCCCCC2C)s1. The molecule has 20 heavy (non-hydrogen) atoms. The predicted molar refractivity (Wildman–Crippen MR) is 82.7 cm³/mol. The molecule has 1 aliphatic heterocycles. The second-order valence-electron chi connectivity index (χ2n) is 6.22. The molecule has 1 saturated heterocycles. The number of thiophene rings is 1. The standard InChI is InChI=1S/C16H24N2OS/c1-11-6-4-3-5-7-13(11)18-15(19)10-17-16(18)14-9-8-12(2)20-14/h8-9,11,13,16-17H,3-7,10H2,1-2H3. The van der Waals surface area contributed by atoms with Gasteiger partial charge in [0.15, 0.2) is 0 Å². The van der Waals surface area contributed by atoms with E-state index in [2.05, 4.69) is 36.2 Å². The molecule has 2 fully saturated rings. The van der Waals surface area contributed by atoms with E-state index in [-0.39, 0.29) is 12.1 Å². The molecule has 0 spiro atoms. The smallest absolute Gasteiger partial charge is 0.238 e. The summed E-state index contributed by atoms with van der Waals surface area (Å²) in [5, 5.41) is 3.41. The van der Waals surface area contributed by atoms with Gasteiger partial charge < -0.3 is 4.90 Å². The number of amides is 1. The van der Waals surface area contributed by atoms with Crippen LogP contribution in [0.2, 0.25) is 0 Å². The average Bonchev–Trinajstić information content (AvgIpc) is 2.94. The Bertz CT molecular complexity index is 485. The first kappa shape index (κ1) is 14.1. The number of nitrogens with one attached hydrogen (secondary N) is 1. The van der Waals surface area contributed by atoms with Gasteiger partial charge in [0, 0.05) is 15.8 Å². The summed E-state index contributed by atoms with van der Waals surface area (Å²) in [6.45, 7) is 4.94. The van der Waals surface area contributed by atoms with Crippen molar-refractivity contribution >= 4 is 17.2 Å². The maximum atomic E-state index is 12.4. The van der Waals surface area contributed by atoms with E-state index in [1.54, 1.807) is 11.3 Å². The monoisotopic (exact) mass is 292 g/mol. The zero-order valence-corrected chi connectivity index (χ0v) is 13.2. The molecular weight excluding hydrogens is 268 g/mol. The highest BCUT2D eigenvalue weighted by atomic mass is 32.1. The van der Waals surface area contributed by atoms with Gasteiger partial charge in [0.2, 0.25) is 5.91 Å². The Hall–Kier alpha value is -0.870. The molecule has 3 nitrogen and oxygen atoms in total. The first-order chi connectivity index (χ1) is 9.66. The molecular formula is C16H24N2OS. The molecule has 0 radical (unpaired) electrons. The summed E-state index contributed by atoms with van der Waals surface area (Å²) in [6, 6.07) is 4.73. The molecule has 3 unspecified atom stereocenters. The Kier molecular flexibility index (Phi) is 4.13. The number of hydrogen-bond acceptors (Lipinski definition) is 3. The molecule has 2 heterocycles. The highest BCUT2D eigenvalue weighted by molar-refractivity contribution is 7.12. The van der Waals surface area contributed by atoms with Crippen LogP contribution in [-0.4, -0.2) is 23.4 Å². The third-order valence-corrected chi connectivity index (χ3v) is 5.77. The molecule has 2 aliphatic rings. The molecule has 1 saturated carbocycles. The lowest BCUT2D eigenvalue weighted by Gasteiger charge is -2.35. The molecule has 110 valence electrons. The maximum absolute atomic E-state index is 12.4. The highest BCUT2D eigenvalue weighted by Gasteiger charge is 2.39. The molecule has 1 N–H and O–H groups in total. The van der Waals surface area contributed by atoms with E-state index in [4.69, 9.17) is 0 Å². The van der Waals surface area contributed by atoms with Crippen LogP contribution < -0.4 is 5.32 Å². The van der Waals surface area contributed by atoms with Gasteiger partial charge in [-0.3, -0.25) is 10.1 Å². The molecule has 4 heteroatoms. The number of nitrogens with zero attached hydrogens (tertiary/aromatic N) is 1. The highest BCUT2D eigenvalue weighted by Crippen LogP contribution is 2.36. The van der Waals surface area contributed by atoms with Crippen LogP contribution in [0.1, 0.15) is 54.9 Å². The van der Waals surface area contributed by atoms with Gasteiger partial charge in [-0.15, -0.1) is 11.3 Å². The van der Waals surface area contributed by atoms with Gasteiger partial charge in [-0.2, -0.15) is 0 Å². The van der Waals surface area contributed by atoms with E-state index in [1.807, 2.05) is 0 Å². The third kappa shape index (κ3) is 2.63. The van der Waals surface area contributed by atoms with Crippen LogP contribution in [0.4, 0.5) is 0 Å². The molecule has 0 aromatic carbocycles. The largest absolute Gasteiger partial charge is 0.318 e. The van der Waals surface area contributed by atoms with Gasteiger partial charge in [-0.05, 0) is 37.8 Å². The van der Waals surface area contributed by atoms with Gasteiger partial charge >= 0.3 is 0 Å². The first-order valence-electron chi connectivity index (χ1n) is 7.77. The second kappa shape index (κ2) is 5.86. The van der Waals surface area contributed by atoms with Gasteiger partial charge in [0.1, 0.15) is 6.17 Å². The Morgan fingerprint density at radius 1 is 1.25 bits per heavy atom. The van der Waals surface area contributed by atoms with Crippen molar-refractivity contribution in [2.45, 2.75) is 58.2 Å². The summed E-state index contributed by atoms with van der Waals surface area (Å²) < 4.78 is 0. The average molecular weight is 292 g/mol. The number of hydrogen-bond donors (Lipinski definition) is 1. The lowest BCUT2D eigenvalue weighted by molar-refractivity contribution is -0.131. The van der Waals surface area contributed by atoms with Crippen molar-refractivity contribution in [1.29, 1.82) is 0 Å². The van der Waals surface area contributed by atoms with Crippen LogP contribution in [0.5, 0.6) is 0 Å². The fourth-order valence-corrected chi connectivity index (χ4v) is 4.57. The van der Waals surface area contributed by atoms with Gasteiger partial charge in [-0.1, -0.05) is 26.2 Å². The van der Waals surface area contributed by atoms with Crippen molar-refractivity contribution < 1.29 is 4.79 Å². The quantitative estimate of drug-likeness (QED) is 0.847. The van der Waals surface area contributed by atoms with Crippen molar-refractivity contribution in [3.05, 3.63) is 21.9 Å².